The van der Waals surface area contributed by atoms with Crippen molar-refractivity contribution < 1.29 is 19.2 Å². The van der Waals surface area contributed by atoms with Gasteiger partial charge in [0.1, 0.15) is 6.04 Å². The van der Waals surface area contributed by atoms with Gasteiger partial charge in [-0.05, 0) is 65.8 Å². The number of hydrogen-bond donors (Lipinski definition) is 1. The fraction of sp³-hybridized carbons (Fsp3) is 0.282. The van der Waals surface area contributed by atoms with E-state index < -0.39 is 24.4 Å². The lowest BCUT2D eigenvalue weighted by atomic mass is 9.88. The molecule has 4 aromatic rings. The molecule has 4 amide bonds. The van der Waals surface area contributed by atoms with Gasteiger partial charge in [0.15, 0.2) is 0 Å². The second kappa shape index (κ2) is 17.9. The standard InChI is InChI=1S/C39H38Cl4N4O4/c40-30-13-11-28(33(42)21-30)15-18-45-25-38(50)47(20-17-32(26-7-3-1-4-8-26)27-9-5-2-6-10-27)35(23-37(45)49)39(51)46(24-36(44)48)19-16-29-12-14-31(41)22-34(29)43/h1-14,21-22,32,35H,15-20,23-25H2,(H2,44,48)/t35-/m0/s1. The molecule has 1 fully saturated rings. The van der Waals surface area contributed by atoms with Crippen molar-refractivity contribution in [1.82, 2.24) is 14.7 Å². The number of rotatable bonds is 14. The fourth-order valence-electron chi connectivity index (χ4n) is 6.42. The molecule has 12 heteroatoms. The lowest BCUT2D eigenvalue weighted by Crippen LogP contribution is -2.53. The Kier molecular flexibility index (Phi) is 13.4. The van der Waals surface area contributed by atoms with E-state index in [1.807, 2.05) is 60.7 Å². The zero-order valence-electron chi connectivity index (χ0n) is 27.8. The third kappa shape index (κ3) is 10.3. The lowest BCUT2D eigenvalue weighted by molar-refractivity contribution is -0.146. The number of nitrogens with zero attached hydrogens (tertiary/aromatic N) is 3. The van der Waals surface area contributed by atoms with Crippen LogP contribution in [0, 0.1) is 0 Å². The SMILES string of the molecule is NC(=O)CN(CCc1ccc(Cl)cc1Cl)C(=O)[C@@H]1CC(=O)N(CCc2ccc(Cl)cc2Cl)CC(=O)N1CCC(c1ccccc1)c1ccccc1. The van der Waals surface area contributed by atoms with Crippen molar-refractivity contribution >= 4 is 70.0 Å². The first-order valence-corrected chi connectivity index (χ1v) is 18.1. The van der Waals surface area contributed by atoms with Gasteiger partial charge in [-0.15, -0.1) is 0 Å². The van der Waals surface area contributed by atoms with Gasteiger partial charge in [0, 0.05) is 45.6 Å². The average molecular weight is 769 g/mol. The minimum absolute atomic E-state index is 0.0747. The molecule has 1 atom stereocenters. The largest absolute Gasteiger partial charge is 0.368 e. The van der Waals surface area contributed by atoms with Gasteiger partial charge in [-0.1, -0.05) is 119 Å². The molecule has 51 heavy (non-hydrogen) atoms. The lowest BCUT2D eigenvalue weighted by Gasteiger charge is -2.34. The fourth-order valence-corrected chi connectivity index (χ4v) is 7.42. The van der Waals surface area contributed by atoms with E-state index in [0.29, 0.717) is 44.9 Å². The number of primary amides is 1. The van der Waals surface area contributed by atoms with Gasteiger partial charge in [-0.25, -0.2) is 0 Å². The van der Waals surface area contributed by atoms with Crippen LogP contribution >= 0.6 is 46.4 Å². The van der Waals surface area contributed by atoms with Crippen LogP contribution in [0.4, 0.5) is 0 Å². The predicted octanol–water partition coefficient (Wildman–Crippen LogP) is 7.05. The maximum atomic E-state index is 14.5. The Balaban J connectivity index is 1.44. The number of nitrogens with two attached hydrogens (primary N) is 1. The predicted molar refractivity (Wildman–Crippen MR) is 202 cm³/mol. The molecular weight excluding hydrogens is 730 g/mol. The Bertz CT molecular complexity index is 1820. The van der Waals surface area contributed by atoms with Crippen LogP contribution in [0.25, 0.3) is 0 Å². The summed E-state index contributed by atoms with van der Waals surface area (Å²) in [5.74, 6) is -2.10. The van der Waals surface area contributed by atoms with Crippen molar-refractivity contribution in [1.29, 1.82) is 0 Å². The van der Waals surface area contributed by atoms with Crippen molar-refractivity contribution in [3.63, 3.8) is 0 Å². The molecule has 2 N–H and O–H groups in total. The summed E-state index contributed by atoms with van der Waals surface area (Å²) in [6.45, 7) is -0.151. The molecule has 0 aliphatic carbocycles. The molecule has 0 radical (unpaired) electrons. The first kappa shape index (κ1) is 38.2. The maximum Gasteiger partial charge on any atom is 0.246 e. The summed E-state index contributed by atoms with van der Waals surface area (Å²) >= 11 is 25.0. The van der Waals surface area contributed by atoms with E-state index in [4.69, 9.17) is 52.1 Å². The van der Waals surface area contributed by atoms with E-state index in [9.17, 15) is 19.2 Å². The highest BCUT2D eigenvalue weighted by Crippen LogP contribution is 2.30. The van der Waals surface area contributed by atoms with Crippen molar-refractivity contribution in [2.24, 2.45) is 5.73 Å². The number of benzene rings is 4. The van der Waals surface area contributed by atoms with Crippen LogP contribution in [0.2, 0.25) is 20.1 Å². The van der Waals surface area contributed by atoms with E-state index in [-0.39, 0.29) is 50.3 Å². The highest BCUT2D eigenvalue weighted by atomic mass is 35.5. The average Bonchev–Trinajstić information content (AvgIpc) is 3.22. The molecule has 0 unspecified atom stereocenters. The second-order valence-electron chi connectivity index (χ2n) is 12.5. The molecule has 1 aliphatic heterocycles. The molecule has 5 rings (SSSR count). The summed E-state index contributed by atoms with van der Waals surface area (Å²) in [5, 5.41) is 1.83. The minimum atomic E-state index is -1.17. The van der Waals surface area contributed by atoms with E-state index >= 15 is 0 Å². The van der Waals surface area contributed by atoms with Crippen LogP contribution in [0.15, 0.2) is 97.1 Å². The molecular formula is C39H38Cl4N4O4. The van der Waals surface area contributed by atoms with Gasteiger partial charge in [-0.2, -0.15) is 0 Å². The Morgan fingerprint density at radius 2 is 1.29 bits per heavy atom. The Hall–Kier alpha value is -4.08. The molecule has 0 aromatic heterocycles. The van der Waals surface area contributed by atoms with Crippen LogP contribution in [-0.4, -0.2) is 77.1 Å². The molecule has 0 saturated carbocycles. The Morgan fingerprint density at radius 3 is 1.82 bits per heavy atom. The zero-order chi connectivity index (χ0) is 36.5. The third-order valence-electron chi connectivity index (χ3n) is 9.08. The Labute approximate surface area is 318 Å². The number of halogens is 4. The summed E-state index contributed by atoms with van der Waals surface area (Å²) in [5.41, 5.74) is 9.22. The van der Waals surface area contributed by atoms with Crippen LogP contribution in [0.3, 0.4) is 0 Å². The monoisotopic (exact) mass is 766 g/mol. The summed E-state index contributed by atoms with van der Waals surface area (Å²) < 4.78 is 0. The van der Waals surface area contributed by atoms with Gasteiger partial charge in [0.05, 0.1) is 19.5 Å². The van der Waals surface area contributed by atoms with Gasteiger partial charge >= 0.3 is 0 Å². The molecule has 8 nitrogen and oxygen atoms in total. The highest BCUT2D eigenvalue weighted by Gasteiger charge is 2.40. The number of hydrogen-bond acceptors (Lipinski definition) is 4. The first-order chi connectivity index (χ1) is 24.5. The first-order valence-electron chi connectivity index (χ1n) is 16.6. The van der Waals surface area contributed by atoms with Gasteiger partial charge in [-0.3, -0.25) is 19.2 Å². The normalized spacial score (nSPS) is 14.9. The summed E-state index contributed by atoms with van der Waals surface area (Å²) in [6, 6.07) is 28.9. The molecule has 4 aromatic carbocycles. The Morgan fingerprint density at radius 1 is 0.745 bits per heavy atom. The number of carbonyl (C=O) groups is 4. The number of carbonyl (C=O) groups excluding carboxylic acids is 4. The van der Waals surface area contributed by atoms with Crippen LogP contribution < -0.4 is 5.73 Å². The van der Waals surface area contributed by atoms with Crippen LogP contribution in [0.1, 0.15) is 41.0 Å². The van der Waals surface area contributed by atoms with Crippen molar-refractivity contribution in [2.75, 3.05) is 32.7 Å². The van der Waals surface area contributed by atoms with Crippen molar-refractivity contribution in [2.45, 2.75) is 37.6 Å². The topological polar surface area (TPSA) is 104 Å². The molecule has 1 saturated heterocycles. The minimum Gasteiger partial charge on any atom is -0.368 e. The molecule has 266 valence electrons. The summed E-state index contributed by atoms with van der Waals surface area (Å²) in [7, 11) is 0. The molecule has 1 heterocycles. The molecule has 0 bridgehead atoms. The van der Waals surface area contributed by atoms with E-state index in [1.54, 1.807) is 36.4 Å². The third-order valence-corrected chi connectivity index (χ3v) is 10.3. The van der Waals surface area contributed by atoms with Gasteiger partial charge < -0.3 is 20.4 Å². The number of amides is 4. The van der Waals surface area contributed by atoms with E-state index in [2.05, 4.69) is 0 Å². The quantitative estimate of drug-likeness (QED) is 0.149. The van der Waals surface area contributed by atoms with Crippen LogP contribution in [0.5, 0.6) is 0 Å². The second-order valence-corrected chi connectivity index (χ2v) is 14.2. The maximum absolute atomic E-state index is 14.5. The van der Waals surface area contributed by atoms with Crippen molar-refractivity contribution in [3.05, 3.63) is 139 Å². The molecule has 1 aliphatic rings. The van der Waals surface area contributed by atoms with Gasteiger partial charge in [0.25, 0.3) is 0 Å². The van der Waals surface area contributed by atoms with Crippen LogP contribution in [-0.2, 0) is 32.0 Å². The van der Waals surface area contributed by atoms with Crippen molar-refractivity contribution in [3.8, 4) is 0 Å². The molecule has 0 spiro atoms. The summed E-state index contributed by atoms with van der Waals surface area (Å²) in [6.07, 6.45) is 0.890. The van der Waals surface area contributed by atoms with Gasteiger partial charge in [0.2, 0.25) is 23.6 Å². The smallest absolute Gasteiger partial charge is 0.246 e. The zero-order valence-corrected chi connectivity index (χ0v) is 30.8. The summed E-state index contributed by atoms with van der Waals surface area (Å²) in [4.78, 5) is 59.0. The van der Waals surface area contributed by atoms with E-state index in [1.165, 1.54) is 14.7 Å². The van der Waals surface area contributed by atoms with E-state index in [0.717, 1.165) is 16.7 Å². The highest BCUT2D eigenvalue weighted by molar-refractivity contribution is 6.35.